The van der Waals surface area contributed by atoms with E-state index in [4.69, 9.17) is 0 Å². The van der Waals surface area contributed by atoms with E-state index < -0.39 is 0 Å². The SMILES string of the molecule is CCC(=O)N1CCC(NC(=NC)NCCCN(C)c2ccccc2)C1. The summed E-state index contributed by atoms with van der Waals surface area (Å²) < 4.78 is 0. The Hall–Kier alpha value is -2.24. The van der Waals surface area contributed by atoms with Gasteiger partial charge in [-0.05, 0) is 25.0 Å². The van der Waals surface area contributed by atoms with Crippen LogP contribution in [0.4, 0.5) is 5.69 Å². The highest BCUT2D eigenvalue weighted by atomic mass is 16.2. The van der Waals surface area contributed by atoms with Crippen molar-refractivity contribution in [1.29, 1.82) is 0 Å². The van der Waals surface area contributed by atoms with Crippen LogP contribution in [0.25, 0.3) is 0 Å². The number of likely N-dealkylation sites (tertiary alicyclic amines) is 1. The number of para-hydroxylation sites is 1. The zero-order valence-corrected chi connectivity index (χ0v) is 15.7. The topological polar surface area (TPSA) is 60.0 Å². The van der Waals surface area contributed by atoms with Crippen molar-refractivity contribution >= 4 is 17.6 Å². The van der Waals surface area contributed by atoms with Gasteiger partial charge in [0.1, 0.15) is 0 Å². The maximum atomic E-state index is 11.8. The van der Waals surface area contributed by atoms with Gasteiger partial charge in [-0.15, -0.1) is 0 Å². The number of carbonyl (C=O) groups excluding carboxylic acids is 1. The third kappa shape index (κ3) is 5.96. The third-order valence-electron chi connectivity index (χ3n) is 4.57. The minimum atomic E-state index is 0.233. The van der Waals surface area contributed by atoms with Crippen LogP contribution in [0.1, 0.15) is 26.2 Å². The van der Waals surface area contributed by atoms with Gasteiger partial charge in [0.25, 0.3) is 0 Å². The van der Waals surface area contributed by atoms with E-state index in [1.807, 2.05) is 17.9 Å². The summed E-state index contributed by atoms with van der Waals surface area (Å²) >= 11 is 0. The first-order chi connectivity index (χ1) is 12.1. The first-order valence-corrected chi connectivity index (χ1v) is 9.15. The Bertz CT molecular complexity index is 560. The van der Waals surface area contributed by atoms with Crippen LogP contribution in [0.2, 0.25) is 0 Å². The molecule has 1 amide bonds. The number of rotatable bonds is 7. The van der Waals surface area contributed by atoms with Crippen molar-refractivity contribution in [3.63, 3.8) is 0 Å². The van der Waals surface area contributed by atoms with Crippen molar-refractivity contribution in [2.45, 2.75) is 32.2 Å². The minimum absolute atomic E-state index is 0.233. The predicted octanol–water partition coefficient (Wildman–Crippen LogP) is 1.69. The van der Waals surface area contributed by atoms with Gasteiger partial charge in [0.2, 0.25) is 5.91 Å². The van der Waals surface area contributed by atoms with Gasteiger partial charge in [-0.1, -0.05) is 25.1 Å². The second kappa shape index (κ2) is 9.91. The first kappa shape index (κ1) is 19.1. The summed E-state index contributed by atoms with van der Waals surface area (Å²) in [7, 11) is 3.90. The standard InChI is InChI=1S/C19H31N5O/c1-4-18(25)24-14-11-16(15-24)22-19(20-2)21-12-8-13-23(3)17-9-6-5-7-10-17/h5-7,9-10,16H,4,8,11-15H2,1-3H3,(H2,20,21,22). The van der Waals surface area contributed by atoms with Crippen molar-refractivity contribution in [1.82, 2.24) is 15.5 Å². The lowest BCUT2D eigenvalue weighted by atomic mass is 10.2. The largest absolute Gasteiger partial charge is 0.375 e. The molecule has 1 atom stereocenters. The zero-order chi connectivity index (χ0) is 18.1. The van der Waals surface area contributed by atoms with Crippen LogP contribution < -0.4 is 15.5 Å². The normalized spacial score (nSPS) is 17.5. The Kier molecular flexibility index (Phi) is 7.57. The molecule has 0 saturated carbocycles. The van der Waals surface area contributed by atoms with E-state index in [-0.39, 0.29) is 11.9 Å². The number of benzene rings is 1. The summed E-state index contributed by atoms with van der Waals surface area (Å²) in [6.07, 6.45) is 2.58. The van der Waals surface area contributed by atoms with Gasteiger partial charge >= 0.3 is 0 Å². The van der Waals surface area contributed by atoms with E-state index in [0.717, 1.165) is 45.0 Å². The third-order valence-corrected chi connectivity index (χ3v) is 4.57. The summed E-state index contributed by atoms with van der Waals surface area (Å²) in [6, 6.07) is 10.7. The van der Waals surface area contributed by atoms with Crippen LogP contribution in [-0.2, 0) is 4.79 Å². The molecule has 0 bridgehead atoms. The van der Waals surface area contributed by atoms with Gasteiger partial charge in [-0.25, -0.2) is 0 Å². The molecule has 1 fully saturated rings. The lowest BCUT2D eigenvalue weighted by molar-refractivity contribution is -0.129. The van der Waals surface area contributed by atoms with Crippen LogP contribution in [0.15, 0.2) is 35.3 Å². The molecular weight excluding hydrogens is 314 g/mol. The first-order valence-electron chi connectivity index (χ1n) is 9.15. The molecule has 0 spiro atoms. The van der Waals surface area contributed by atoms with Crippen LogP contribution in [0, 0.1) is 0 Å². The molecule has 6 heteroatoms. The molecule has 1 aliphatic rings. The minimum Gasteiger partial charge on any atom is -0.375 e. The van der Waals surface area contributed by atoms with Gasteiger partial charge in [0.15, 0.2) is 5.96 Å². The van der Waals surface area contributed by atoms with Crippen molar-refractivity contribution in [3.05, 3.63) is 30.3 Å². The smallest absolute Gasteiger partial charge is 0.222 e. The number of carbonyl (C=O) groups is 1. The van der Waals surface area contributed by atoms with Crippen LogP contribution in [0.3, 0.4) is 0 Å². The number of guanidine groups is 1. The van der Waals surface area contributed by atoms with Crippen LogP contribution in [0.5, 0.6) is 0 Å². The average molecular weight is 345 g/mol. The van der Waals surface area contributed by atoms with E-state index in [1.54, 1.807) is 7.05 Å². The number of amides is 1. The number of hydrogen-bond acceptors (Lipinski definition) is 3. The van der Waals surface area contributed by atoms with Crippen LogP contribution in [-0.4, -0.2) is 63.1 Å². The summed E-state index contributed by atoms with van der Waals surface area (Å²) in [4.78, 5) is 20.2. The summed E-state index contributed by atoms with van der Waals surface area (Å²) in [5, 5.41) is 6.80. The highest BCUT2D eigenvalue weighted by Crippen LogP contribution is 2.11. The average Bonchev–Trinajstić information content (AvgIpc) is 3.12. The number of nitrogens with zero attached hydrogens (tertiary/aromatic N) is 3. The Morgan fingerprint density at radius 3 is 2.80 bits per heavy atom. The number of aliphatic imine (C=N–C) groups is 1. The highest BCUT2D eigenvalue weighted by molar-refractivity contribution is 5.80. The molecule has 0 aromatic heterocycles. The van der Waals surface area contributed by atoms with Gasteiger partial charge in [-0.2, -0.15) is 0 Å². The molecule has 1 aliphatic heterocycles. The summed E-state index contributed by atoms with van der Waals surface area (Å²) in [5.74, 6) is 1.05. The van der Waals surface area contributed by atoms with Gasteiger partial charge in [0.05, 0.1) is 0 Å². The molecule has 138 valence electrons. The van der Waals surface area contributed by atoms with E-state index in [0.29, 0.717) is 6.42 Å². The van der Waals surface area contributed by atoms with E-state index in [9.17, 15) is 4.79 Å². The molecule has 6 nitrogen and oxygen atoms in total. The van der Waals surface area contributed by atoms with Gasteiger partial charge in [-0.3, -0.25) is 9.79 Å². The van der Waals surface area contributed by atoms with Crippen molar-refractivity contribution < 1.29 is 4.79 Å². The monoisotopic (exact) mass is 345 g/mol. The zero-order valence-electron chi connectivity index (χ0n) is 15.7. The molecule has 2 rings (SSSR count). The van der Waals surface area contributed by atoms with Crippen molar-refractivity contribution in [2.75, 3.05) is 45.2 Å². The quantitative estimate of drug-likeness (QED) is 0.448. The second-order valence-corrected chi connectivity index (χ2v) is 6.43. The molecule has 1 saturated heterocycles. The number of hydrogen-bond donors (Lipinski definition) is 2. The summed E-state index contributed by atoms with van der Waals surface area (Å²) in [5.41, 5.74) is 1.23. The fourth-order valence-electron chi connectivity index (χ4n) is 3.05. The molecule has 1 unspecified atom stereocenters. The fourth-order valence-corrected chi connectivity index (χ4v) is 3.05. The van der Waals surface area contributed by atoms with Crippen molar-refractivity contribution in [3.8, 4) is 0 Å². The molecule has 1 aromatic rings. The molecule has 25 heavy (non-hydrogen) atoms. The Labute approximate surface area is 151 Å². The maximum Gasteiger partial charge on any atom is 0.222 e. The predicted molar refractivity (Wildman–Crippen MR) is 104 cm³/mol. The van der Waals surface area contributed by atoms with Crippen molar-refractivity contribution in [2.24, 2.45) is 4.99 Å². The van der Waals surface area contributed by atoms with Gasteiger partial charge in [0, 0.05) is 58.4 Å². The molecular formula is C19H31N5O. The van der Waals surface area contributed by atoms with E-state index >= 15 is 0 Å². The van der Waals surface area contributed by atoms with E-state index in [1.165, 1.54) is 5.69 Å². The highest BCUT2D eigenvalue weighted by Gasteiger charge is 2.25. The Balaban J connectivity index is 1.66. The molecule has 0 radical (unpaired) electrons. The number of anilines is 1. The number of nitrogens with one attached hydrogen (secondary N) is 2. The Morgan fingerprint density at radius 1 is 1.36 bits per heavy atom. The van der Waals surface area contributed by atoms with Gasteiger partial charge < -0.3 is 20.4 Å². The lowest BCUT2D eigenvalue weighted by Crippen LogP contribution is -2.45. The molecule has 1 heterocycles. The van der Waals surface area contributed by atoms with E-state index in [2.05, 4.69) is 51.8 Å². The maximum absolute atomic E-state index is 11.8. The second-order valence-electron chi connectivity index (χ2n) is 6.43. The fraction of sp³-hybridized carbons (Fsp3) is 0.579. The molecule has 0 aliphatic carbocycles. The Morgan fingerprint density at radius 2 is 2.12 bits per heavy atom. The molecule has 1 aromatic carbocycles. The lowest BCUT2D eigenvalue weighted by Gasteiger charge is -2.21. The van der Waals surface area contributed by atoms with Crippen LogP contribution >= 0.6 is 0 Å². The summed E-state index contributed by atoms with van der Waals surface area (Å²) in [6.45, 7) is 5.36. The molecule has 2 N–H and O–H groups in total.